The second kappa shape index (κ2) is 9.27. The van der Waals surface area contributed by atoms with Crippen molar-refractivity contribution in [2.45, 2.75) is 50.9 Å². The van der Waals surface area contributed by atoms with Crippen LogP contribution >= 0.6 is 0 Å². The Kier molecular flexibility index (Phi) is 7.71. The summed E-state index contributed by atoms with van der Waals surface area (Å²) in [6.45, 7) is 1.83. The molecule has 0 fully saturated rings. The van der Waals surface area contributed by atoms with Crippen molar-refractivity contribution in [3.63, 3.8) is 0 Å². The molecule has 0 bridgehead atoms. The predicted octanol–water partition coefficient (Wildman–Crippen LogP) is 0.665. The molecule has 2 atom stereocenters. The molecule has 1 aromatic rings. The number of hydrogen-bond acceptors (Lipinski definition) is 4. The van der Waals surface area contributed by atoms with Crippen molar-refractivity contribution in [1.29, 1.82) is 0 Å². The average molecular weight is 321 g/mol. The van der Waals surface area contributed by atoms with Gasteiger partial charge in [0.1, 0.15) is 5.60 Å². The SMILES string of the molecule is C[C@](O)(CCCC[C@H](O)[CH]C(N)=O)C(=O)NCc1ccccc1. The normalized spacial score (nSPS) is 14.7. The molecule has 0 heterocycles. The number of rotatable bonds is 10. The highest BCUT2D eigenvalue weighted by molar-refractivity contribution is 5.84. The van der Waals surface area contributed by atoms with E-state index < -0.39 is 23.5 Å². The number of aliphatic hydroxyl groups is 2. The number of aliphatic hydroxyl groups excluding tert-OH is 1. The van der Waals surface area contributed by atoms with Crippen LogP contribution in [0.25, 0.3) is 0 Å². The maximum atomic E-state index is 12.0. The smallest absolute Gasteiger partial charge is 0.251 e. The molecule has 0 aliphatic rings. The minimum Gasteiger partial charge on any atom is -0.392 e. The fourth-order valence-electron chi connectivity index (χ4n) is 2.18. The molecular weight excluding hydrogens is 296 g/mol. The monoisotopic (exact) mass is 321 g/mol. The molecule has 0 spiro atoms. The van der Waals surface area contributed by atoms with Crippen molar-refractivity contribution in [1.82, 2.24) is 5.32 Å². The number of nitrogens with two attached hydrogens (primary N) is 1. The molecular formula is C17H25N2O4. The lowest BCUT2D eigenvalue weighted by atomic mass is 9.96. The fraction of sp³-hybridized carbons (Fsp3) is 0.471. The van der Waals surface area contributed by atoms with Crippen LogP contribution in [-0.4, -0.2) is 33.7 Å². The van der Waals surface area contributed by atoms with Crippen LogP contribution in [0.5, 0.6) is 0 Å². The van der Waals surface area contributed by atoms with Crippen LogP contribution in [0.3, 0.4) is 0 Å². The highest BCUT2D eigenvalue weighted by atomic mass is 16.3. The van der Waals surface area contributed by atoms with E-state index in [0.29, 0.717) is 25.8 Å². The summed E-state index contributed by atoms with van der Waals surface area (Å²) in [5.41, 5.74) is 4.44. The van der Waals surface area contributed by atoms with E-state index in [-0.39, 0.29) is 6.42 Å². The third-order valence-electron chi connectivity index (χ3n) is 3.56. The van der Waals surface area contributed by atoms with Crippen LogP contribution in [-0.2, 0) is 16.1 Å². The predicted molar refractivity (Wildman–Crippen MR) is 86.9 cm³/mol. The molecule has 23 heavy (non-hydrogen) atoms. The zero-order chi connectivity index (χ0) is 17.3. The van der Waals surface area contributed by atoms with E-state index in [0.717, 1.165) is 12.0 Å². The minimum atomic E-state index is -1.47. The van der Waals surface area contributed by atoms with Crippen molar-refractivity contribution >= 4 is 11.8 Å². The van der Waals surface area contributed by atoms with Crippen LogP contribution in [0.15, 0.2) is 30.3 Å². The first-order chi connectivity index (χ1) is 10.8. The summed E-state index contributed by atoms with van der Waals surface area (Å²) in [6.07, 6.45) is 1.93. The lowest BCUT2D eigenvalue weighted by Crippen LogP contribution is -2.44. The number of carbonyl (C=O) groups is 2. The molecule has 0 aliphatic carbocycles. The number of unbranched alkanes of at least 4 members (excludes halogenated alkanes) is 1. The molecule has 2 amide bonds. The van der Waals surface area contributed by atoms with E-state index in [9.17, 15) is 19.8 Å². The lowest BCUT2D eigenvalue weighted by Gasteiger charge is -2.22. The van der Waals surface area contributed by atoms with Gasteiger partial charge in [0.15, 0.2) is 0 Å². The van der Waals surface area contributed by atoms with E-state index in [4.69, 9.17) is 5.73 Å². The Bertz CT molecular complexity index is 503. The molecule has 0 aliphatic heterocycles. The fourth-order valence-corrected chi connectivity index (χ4v) is 2.18. The van der Waals surface area contributed by atoms with Gasteiger partial charge >= 0.3 is 0 Å². The molecule has 0 saturated heterocycles. The molecule has 1 rings (SSSR count). The average Bonchev–Trinajstić information content (AvgIpc) is 2.49. The zero-order valence-electron chi connectivity index (χ0n) is 13.4. The topological polar surface area (TPSA) is 113 Å². The first kappa shape index (κ1) is 19.1. The summed E-state index contributed by atoms with van der Waals surface area (Å²) in [4.78, 5) is 22.6. The van der Waals surface area contributed by atoms with Gasteiger partial charge in [0, 0.05) is 6.54 Å². The van der Waals surface area contributed by atoms with Gasteiger partial charge in [0.05, 0.1) is 12.5 Å². The van der Waals surface area contributed by atoms with Gasteiger partial charge in [-0.3, -0.25) is 9.59 Å². The number of amides is 2. The third-order valence-corrected chi connectivity index (χ3v) is 3.56. The summed E-state index contributed by atoms with van der Waals surface area (Å²) >= 11 is 0. The Hall–Kier alpha value is -1.92. The molecule has 1 radical (unpaired) electrons. The van der Waals surface area contributed by atoms with E-state index in [2.05, 4.69) is 5.32 Å². The highest BCUT2D eigenvalue weighted by Crippen LogP contribution is 2.16. The molecule has 5 N–H and O–H groups in total. The Balaban J connectivity index is 2.28. The Morgan fingerprint density at radius 3 is 2.57 bits per heavy atom. The van der Waals surface area contributed by atoms with Gasteiger partial charge in [-0.25, -0.2) is 0 Å². The molecule has 127 valence electrons. The highest BCUT2D eigenvalue weighted by Gasteiger charge is 2.29. The van der Waals surface area contributed by atoms with Gasteiger partial charge in [0.2, 0.25) is 5.91 Å². The molecule has 0 unspecified atom stereocenters. The van der Waals surface area contributed by atoms with Gasteiger partial charge in [0.25, 0.3) is 5.91 Å². The second-order valence-corrected chi connectivity index (χ2v) is 5.82. The van der Waals surface area contributed by atoms with Gasteiger partial charge in [-0.2, -0.15) is 0 Å². The van der Waals surface area contributed by atoms with Gasteiger partial charge in [-0.05, 0) is 31.7 Å². The molecule has 0 aromatic heterocycles. The van der Waals surface area contributed by atoms with Crippen LogP contribution in [0.2, 0.25) is 0 Å². The number of carbonyl (C=O) groups excluding carboxylic acids is 2. The number of nitrogens with one attached hydrogen (secondary N) is 1. The van der Waals surface area contributed by atoms with E-state index in [1.165, 1.54) is 6.92 Å². The molecule has 0 saturated carbocycles. The van der Waals surface area contributed by atoms with Crippen molar-refractivity contribution in [2.75, 3.05) is 0 Å². The Morgan fingerprint density at radius 1 is 1.30 bits per heavy atom. The third kappa shape index (κ3) is 7.76. The van der Waals surface area contributed by atoms with Crippen molar-refractivity contribution in [3.8, 4) is 0 Å². The van der Waals surface area contributed by atoms with Crippen LogP contribution < -0.4 is 11.1 Å². The van der Waals surface area contributed by atoms with Gasteiger partial charge < -0.3 is 21.3 Å². The van der Waals surface area contributed by atoms with Gasteiger partial charge in [-0.15, -0.1) is 0 Å². The standard InChI is InChI=1S/C17H25N2O4/c1-17(23,10-6-5-9-14(20)11-15(18)21)16(22)19-12-13-7-3-2-4-8-13/h2-4,7-8,11,14,20,23H,5-6,9-10,12H2,1H3,(H2,18,21)(H,19,22)/t14-,17-/m0/s1. The Morgan fingerprint density at radius 2 is 1.96 bits per heavy atom. The summed E-state index contributed by atoms with van der Waals surface area (Å²) in [7, 11) is 0. The summed E-state index contributed by atoms with van der Waals surface area (Å²) in [5.74, 6) is -1.09. The first-order valence-corrected chi connectivity index (χ1v) is 7.68. The van der Waals surface area contributed by atoms with Crippen LogP contribution in [0, 0.1) is 6.42 Å². The molecule has 6 nitrogen and oxygen atoms in total. The largest absolute Gasteiger partial charge is 0.392 e. The first-order valence-electron chi connectivity index (χ1n) is 7.68. The zero-order valence-corrected chi connectivity index (χ0v) is 13.4. The molecule has 6 heteroatoms. The lowest BCUT2D eigenvalue weighted by molar-refractivity contribution is -0.139. The summed E-state index contributed by atoms with van der Waals surface area (Å²) < 4.78 is 0. The second-order valence-electron chi connectivity index (χ2n) is 5.82. The number of benzene rings is 1. The molecule has 1 aromatic carbocycles. The van der Waals surface area contributed by atoms with Gasteiger partial charge in [-0.1, -0.05) is 36.8 Å². The summed E-state index contributed by atoms with van der Waals surface area (Å²) in [5, 5.41) is 22.4. The van der Waals surface area contributed by atoms with E-state index >= 15 is 0 Å². The quantitative estimate of drug-likeness (QED) is 0.474. The maximum absolute atomic E-state index is 12.0. The summed E-state index contributed by atoms with van der Waals surface area (Å²) in [6, 6.07) is 9.45. The van der Waals surface area contributed by atoms with E-state index in [1.807, 2.05) is 30.3 Å². The Labute approximate surface area is 136 Å². The van der Waals surface area contributed by atoms with Crippen LogP contribution in [0.1, 0.15) is 38.2 Å². The van der Waals surface area contributed by atoms with E-state index in [1.54, 1.807) is 0 Å². The number of hydrogen-bond donors (Lipinski definition) is 4. The van der Waals surface area contributed by atoms with Crippen molar-refractivity contribution in [2.24, 2.45) is 5.73 Å². The maximum Gasteiger partial charge on any atom is 0.251 e. The number of primary amides is 1. The van der Waals surface area contributed by atoms with Crippen molar-refractivity contribution < 1.29 is 19.8 Å². The van der Waals surface area contributed by atoms with Crippen molar-refractivity contribution in [3.05, 3.63) is 42.3 Å². The van der Waals surface area contributed by atoms with Crippen LogP contribution in [0.4, 0.5) is 0 Å². The minimum absolute atomic E-state index is 0.275.